The summed E-state index contributed by atoms with van der Waals surface area (Å²) in [5.41, 5.74) is -0.0402. The fourth-order valence-electron chi connectivity index (χ4n) is 2.79. The number of thioether (sulfide) groups is 1. The highest BCUT2D eigenvalue weighted by Gasteiger charge is 2.38. The molecule has 0 bridgehead atoms. The van der Waals surface area contributed by atoms with E-state index in [4.69, 9.17) is 0 Å². The Balaban J connectivity index is 2.00. The Labute approximate surface area is 131 Å². The first-order valence-electron chi connectivity index (χ1n) is 7.67. The average molecular weight is 313 g/mol. The molecule has 2 fully saturated rings. The van der Waals surface area contributed by atoms with Crippen molar-refractivity contribution in [1.29, 1.82) is 0 Å². The molecule has 2 atom stereocenters. The molecule has 0 radical (unpaired) electrons. The number of rotatable bonds is 2. The quantitative estimate of drug-likeness (QED) is 0.831. The van der Waals surface area contributed by atoms with E-state index in [-0.39, 0.29) is 23.3 Å². The van der Waals surface area contributed by atoms with Gasteiger partial charge in [0.1, 0.15) is 6.04 Å². The highest BCUT2D eigenvalue weighted by Crippen LogP contribution is 2.27. The van der Waals surface area contributed by atoms with Gasteiger partial charge in [0.25, 0.3) is 0 Å². The number of piperazine rings is 1. The Kier molecular flexibility index (Phi) is 5.20. The Morgan fingerprint density at radius 2 is 2.05 bits per heavy atom. The molecule has 0 aromatic rings. The van der Waals surface area contributed by atoms with E-state index in [1.165, 1.54) is 0 Å². The molecule has 1 N–H and O–H groups in total. The minimum atomic E-state index is -0.268. The Bertz CT molecular complexity index is 408. The van der Waals surface area contributed by atoms with Crippen LogP contribution in [0.2, 0.25) is 0 Å². The van der Waals surface area contributed by atoms with E-state index < -0.39 is 0 Å². The van der Waals surface area contributed by atoms with E-state index >= 15 is 0 Å². The highest BCUT2D eigenvalue weighted by molar-refractivity contribution is 7.99. The zero-order chi connectivity index (χ0) is 15.6. The van der Waals surface area contributed by atoms with Crippen LogP contribution in [0.3, 0.4) is 0 Å². The molecule has 21 heavy (non-hydrogen) atoms. The maximum atomic E-state index is 12.7. The molecule has 6 heteroatoms. The van der Waals surface area contributed by atoms with Gasteiger partial charge in [0.15, 0.2) is 0 Å². The minimum absolute atomic E-state index is 0.0402. The molecular formula is C15H27N3O2S. The van der Waals surface area contributed by atoms with Gasteiger partial charge in [-0.2, -0.15) is 0 Å². The van der Waals surface area contributed by atoms with Crippen molar-refractivity contribution < 1.29 is 9.59 Å². The van der Waals surface area contributed by atoms with Crippen LogP contribution in [-0.2, 0) is 9.59 Å². The maximum absolute atomic E-state index is 12.7. The third-order valence-corrected chi connectivity index (χ3v) is 4.86. The van der Waals surface area contributed by atoms with Crippen molar-refractivity contribution in [2.24, 2.45) is 5.41 Å². The number of hydrogen-bond acceptors (Lipinski definition) is 4. The number of carbonyl (C=O) groups excluding carboxylic acids is 2. The normalized spacial score (nSPS) is 27.0. The molecule has 2 amide bonds. The highest BCUT2D eigenvalue weighted by atomic mass is 32.2. The maximum Gasteiger partial charge on any atom is 0.246 e. The van der Waals surface area contributed by atoms with Crippen LogP contribution in [0.5, 0.6) is 0 Å². The zero-order valence-corrected chi connectivity index (χ0v) is 14.3. The molecule has 2 saturated heterocycles. The molecule has 120 valence electrons. The second-order valence-electron chi connectivity index (χ2n) is 7.26. The van der Waals surface area contributed by atoms with Gasteiger partial charge in [-0.25, -0.2) is 0 Å². The van der Waals surface area contributed by atoms with Crippen molar-refractivity contribution in [2.75, 3.05) is 31.3 Å². The molecule has 0 aromatic heterocycles. The fraction of sp³-hybridized carbons (Fsp3) is 0.867. The standard InChI is InChI=1S/C15H27N3O2S/c1-11-8-17(6-5-16-11)14(20)12-9-21-10-18(12)13(19)7-15(2,3)4/h11-12,16H,5-10H2,1-4H3. The van der Waals surface area contributed by atoms with Gasteiger partial charge in [0, 0.05) is 37.8 Å². The molecule has 0 aliphatic carbocycles. The molecule has 0 saturated carbocycles. The summed E-state index contributed by atoms with van der Waals surface area (Å²) in [5.74, 6) is 1.60. The first-order chi connectivity index (χ1) is 9.78. The second kappa shape index (κ2) is 6.57. The van der Waals surface area contributed by atoms with E-state index in [1.54, 1.807) is 16.7 Å². The van der Waals surface area contributed by atoms with Crippen molar-refractivity contribution in [2.45, 2.75) is 46.2 Å². The summed E-state index contributed by atoms with van der Waals surface area (Å²) in [5, 5.41) is 3.34. The average Bonchev–Trinajstić information content (AvgIpc) is 2.85. The third-order valence-electron chi connectivity index (χ3n) is 3.85. The van der Waals surface area contributed by atoms with E-state index in [1.807, 2.05) is 4.90 Å². The molecule has 0 spiro atoms. The van der Waals surface area contributed by atoms with Crippen molar-refractivity contribution in [1.82, 2.24) is 15.1 Å². The Morgan fingerprint density at radius 1 is 1.33 bits per heavy atom. The lowest BCUT2D eigenvalue weighted by Crippen LogP contribution is -2.56. The van der Waals surface area contributed by atoms with Crippen molar-refractivity contribution in [3.05, 3.63) is 0 Å². The number of nitrogens with one attached hydrogen (secondary N) is 1. The first kappa shape index (κ1) is 16.6. The summed E-state index contributed by atoms with van der Waals surface area (Å²) in [6.45, 7) is 10.6. The number of carbonyl (C=O) groups is 2. The van der Waals surface area contributed by atoms with Crippen LogP contribution in [0.15, 0.2) is 0 Å². The first-order valence-corrected chi connectivity index (χ1v) is 8.83. The smallest absolute Gasteiger partial charge is 0.246 e. The van der Waals surface area contributed by atoms with Gasteiger partial charge < -0.3 is 15.1 Å². The molecule has 0 aromatic carbocycles. The van der Waals surface area contributed by atoms with Crippen LogP contribution in [0.4, 0.5) is 0 Å². The van der Waals surface area contributed by atoms with Gasteiger partial charge in [0.2, 0.25) is 11.8 Å². The predicted octanol–water partition coefficient (Wildman–Crippen LogP) is 1.14. The molecule has 5 nitrogen and oxygen atoms in total. The van der Waals surface area contributed by atoms with E-state index in [9.17, 15) is 9.59 Å². The van der Waals surface area contributed by atoms with Crippen LogP contribution in [-0.4, -0.2) is 65.0 Å². The number of nitrogens with zero attached hydrogens (tertiary/aromatic N) is 2. The third kappa shape index (κ3) is 4.36. The van der Waals surface area contributed by atoms with Gasteiger partial charge >= 0.3 is 0 Å². The summed E-state index contributed by atoms with van der Waals surface area (Å²) in [6.07, 6.45) is 0.495. The van der Waals surface area contributed by atoms with E-state index in [0.29, 0.717) is 18.3 Å². The second-order valence-corrected chi connectivity index (χ2v) is 8.26. The summed E-state index contributed by atoms with van der Waals surface area (Å²) in [4.78, 5) is 28.9. The zero-order valence-electron chi connectivity index (χ0n) is 13.5. The largest absolute Gasteiger partial charge is 0.338 e. The predicted molar refractivity (Wildman–Crippen MR) is 86.1 cm³/mol. The van der Waals surface area contributed by atoms with Gasteiger partial charge in [-0.15, -0.1) is 11.8 Å². The van der Waals surface area contributed by atoms with Crippen LogP contribution < -0.4 is 5.32 Å². The van der Waals surface area contributed by atoms with Crippen molar-refractivity contribution in [3.8, 4) is 0 Å². The van der Waals surface area contributed by atoms with E-state index in [2.05, 4.69) is 33.0 Å². The van der Waals surface area contributed by atoms with Gasteiger partial charge in [-0.05, 0) is 12.3 Å². The van der Waals surface area contributed by atoms with Gasteiger partial charge in [0.05, 0.1) is 5.88 Å². The van der Waals surface area contributed by atoms with Crippen LogP contribution in [0, 0.1) is 5.41 Å². The van der Waals surface area contributed by atoms with Crippen molar-refractivity contribution >= 4 is 23.6 Å². The summed E-state index contributed by atoms with van der Waals surface area (Å²) in [7, 11) is 0. The van der Waals surface area contributed by atoms with Crippen molar-refractivity contribution in [3.63, 3.8) is 0 Å². The fourth-order valence-corrected chi connectivity index (χ4v) is 3.96. The minimum Gasteiger partial charge on any atom is -0.338 e. The van der Waals surface area contributed by atoms with Crippen LogP contribution in [0.1, 0.15) is 34.1 Å². The SMILES string of the molecule is CC1CN(C(=O)C2CSCN2C(=O)CC(C)(C)C)CCN1. The van der Waals surface area contributed by atoms with E-state index in [0.717, 1.165) is 25.4 Å². The summed E-state index contributed by atoms with van der Waals surface area (Å²) in [6, 6.07) is 0.0608. The lowest BCUT2D eigenvalue weighted by Gasteiger charge is -2.35. The number of hydrogen-bond donors (Lipinski definition) is 1. The van der Waals surface area contributed by atoms with Crippen LogP contribution >= 0.6 is 11.8 Å². The molecule has 2 unspecified atom stereocenters. The lowest BCUT2D eigenvalue weighted by atomic mass is 9.91. The number of amides is 2. The molecule has 2 aliphatic heterocycles. The Hall–Kier alpha value is -0.750. The lowest BCUT2D eigenvalue weighted by molar-refractivity contribution is -0.145. The monoisotopic (exact) mass is 313 g/mol. The topological polar surface area (TPSA) is 52.7 Å². The summed E-state index contributed by atoms with van der Waals surface area (Å²) >= 11 is 1.68. The van der Waals surface area contributed by atoms with Gasteiger partial charge in [-0.3, -0.25) is 9.59 Å². The molecule has 2 rings (SSSR count). The molecule has 2 aliphatic rings. The molecular weight excluding hydrogens is 286 g/mol. The van der Waals surface area contributed by atoms with Crippen LogP contribution in [0.25, 0.3) is 0 Å². The Morgan fingerprint density at radius 3 is 2.67 bits per heavy atom. The molecule has 2 heterocycles. The summed E-state index contributed by atoms with van der Waals surface area (Å²) < 4.78 is 0. The van der Waals surface area contributed by atoms with Gasteiger partial charge in [-0.1, -0.05) is 20.8 Å².